The van der Waals surface area contributed by atoms with Gasteiger partial charge in [-0.3, -0.25) is 9.59 Å². The number of Topliss-reactive ketones (excluding diaryl/α,β-unsaturated/α-hetero) is 1. The first-order valence-electron chi connectivity index (χ1n) is 6.70. The lowest BCUT2D eigenvalue weighted by Crippen LogP contribution is -2.13. The number of carbonyl (C=O) groups excluding carboxylic acids is 1. The molecular formula is C15H18O5. The van der Waals surface area contributed by atoms with Crippen molar-refractivity contribution < 1.29 is 24.2 Å². The highest BCUT2D eigenvalue weighted by atomic mass is 16.5. The number of benzene rings is 1. The van der Waals surface area contributed by atoms with Gasteiger partial charge in [0.25, 0.3) is 0 Å². The summed E-state index contributed by atoms with van der Waals surface area (Å²) in [5.41, 5.74) is 0.334. The number of carboxylic acids is 1. The van der Waals surface area contributed by atoms with Crippen molar-refractivity contribution in [3.05, 3.63) is 23.8 Å². The lowest BCUT2D eigenvalue weighted by molar-refractivity contribution is -0.135. The Labute approximate surface area is 117 Å². The molecule has 1 N–H and O–H groups in total. The van der Waals surface area contributed by atoms with Gasteiger partial charge in [0.2, 0.25) is 0 Å². The topological polar surface area (TPSA) is 72.8 Å². The van der Waals surface area contributed by atoms with Crippen LogP contribution in [-0.2, 0) is 4.79 Å². The Morgan fingerprint density at radius 2 is 1.95 bits per heavy atom. The number of methoxy groups -OCH3 is 1. The molecule has 0 unspecified atom stereocenters. The zero-order valence-corrected chi connectivity index (χ0v) is 11.4. The summed E-state index contributed by atoms with van der Waals surface area (Å²) in [6, 6.07) is 4.77. The summed E-state index contributed by atoms with van der Waals surface area (Å²) in [6.45, 7) is 0. The molecule has 0 atom stereocenters. The van der Waals surface area contributed by atoms with Gasteiger partial charge < -0.3 is 14.6 Å². The summed E-state index contributed by atoms with van der Waals surface area (Å²) in [7, 11) is 1.54. The van der Waals surface area contributed by atoms with E-state index in [0.29, 0.717) is 17.1 Å². The molecule has 0 aromatic heterocycles. The SMILES string of the molecule is COc1ccc(C(=O)CC(=O)O)cc1OC1CCCC1. The summed E-state index contributed by atoms with van der Waals surface area (Å²) in [5.74, 6) is -0.500. The molecule has 1 fully saturated rings. The standard InChI is InChI=1S/C15H18O5/c1-19-13-7-6-10(12(16)9-15(17)18)8-14(13)20-11-4-2-3-5-11/h6-8,11H,2-5,9H2,1H3,(H,17,18). The maximum atomic E-state index is 11.8. The van der Waals surface area contributed by atoms with E-state index in [1.807, 2.05) is 0 Å². The minimum atomic E-state index is -1.14. The van der Waals surface area contributed by atoms with Crippen molar-refractivity contribution in [2.24, 2.45) is 0 Å². The van der Waals surface area contributed by atoms with Gasteiger partial charge in [-0.1, -0.05) is 0 Å². The van der Waals surface area contributed by atoms with Crippen LogP contribution in [0.25, 0.3) is 0 Å². The average Bonchev–Trinajstić information content (AvgIpc) is 2.90. The summed E-state index contributed by atoms with van der Waals surface area (Å²) >= 11 is 0. The lowest BCUT2D eigenvalue weighted by atomic mass is 10.1. The monoisotopic (exact) mass is 278 g/mol. The van der Waals surface area contributed by atoms with Crippen molar-refractivity contribution in [3.8, 4) is 11.5 Å². The van der Waals surface area contributed by atoms with E-state index in [-0.39, 0.29) is 6.10 Å². The summed E-state index contributed by atoms with van der Waals surface area (Å²) in [6.07, 6.45) is 3.91. The highest BCUT2D eigenvalue weighted by Crippen LogP contribution is 2.32. The molecular weight excluding hydrogens is 260 g/mol. The minimum absolute atomic E-state index is 0.147. The molecule has 1 aliphatic rings. The Morgan fingerprint density at radius 3 is 2.55 bits per heavy atom. The molecule has 0 aliphatic heterocycles. The Bertz CT molecular complexity index is 503. The van der Waals surface area contributed by atoms with Crippen LogP contribution in [-0.4, -0.2) is 30.1 Å². The maximum absolute atomic E-state index is 11.8. The van der Waals surface area contributed by atoms with E-state index in [4.69, 9.17) is 14.6 Å². The van der Waals surface area contributed by atoms with Crippen molar-refractivity contribution in [2.45, 2.75) is 38.2 Å². The molecule has 1 aromatic rings. The van der Waals surface area contributed by atoms with Crippen molar-refractivity contribution in [3.63, 3.8) is 0 Å². The van der Waals surface area contributed by atoms with Crippen molar-refractivity contribution in [2.75, 3.05) is 7.11 Å². The molecule has 0 radical (unpaired) electrons. The maximum Gasteiger partial charge on any atom is 0.311 e. The van der Waals surface area contributed by atoms with Crippen LogP contribution in [0.3, 0.4) is 0 Å². The van der Waals surface area contributed by atoms with Crippen LogP contribution in [0.4, 0.5) is 0 Å². The van der Waals surface area contributed by atoms with Crippen LogP contribution in [0, 0.1) is 0 Å². The van der Waals surface area contributed by atoms with Gasteiger partial charge >= 0.3 is 5.97 Å². The van der Waals surface area contributed by atoms with Crippen LogP contribution in [0.15, 0.2) is 18.2 Å². The summed E-state index contributed by atoms with van der Waals surface area (Å²) < 4.78 is 11.1. The van der Waals surface area contributed by atoms with Crippen molar-refractivity contribution >= 4 is 11.8 Å². The molecule has 5 nitrogen and oxygen atoms in total. The number of carboxylic acid groups (broad SMARTS) is 1. The molecule has 0 heterocycles. The Balaban J connectivity index is 2.18. The van der Waals surface area contributed by atoms with Crippen LogP contribution in [0.1, 0.15) is 42.5 Å². The van der Waals surface area contributed by atoms with Gasteiger partial charge in [0.05, 0.1) is 13.2 Å². The molecule has 108 valence electrons. The number of rotatable bonds is 6. The predicted octanol–water partition coefficient (Wildman–Crippen LogP) is 2.67. The van der Waals surface area contributed by atoms with Gasteiger partial charge in [-0.05, 0) is 43.9 Å². The van der Waals surface area contributed by atoms with Gasteiger partial charge in [0.1, 0.15) is 6.42 Å². The number of aliphatic carboxylic acids is 1. The molecule has 0 spiro atoms. The number of hydrogen-bond donors (Lipinski definition) is 1. The van der Waals surface area contributed by atoms with Crippen LogP contribution in [0.5, 0.6) is 11.5 Å². The zero-order chi connectivity index (χ0) is 14.5. The lowest BCUT2D eigenvalue weighted by Gasteiger charge is -2.16. The molecule has 0 saturated heterocycles. The van der Waals surface area contributed by atoms with E-state index in [0.717, 1.165) is 25.7 Å². The van der Waals surface area contributed by atoms with E-state index >= 15 is 0 Å². The third-order valence-electron chi connectivity index (χ3n) is 3.39. The van der Waals surface area contributed by atoms with Gasteiger partial charge in [-0.2, -0.15) is 0 Å². The van der Waals surface area contributed by atoms with Crippen molar-refractivity contribution in [1.82, 2.24) is 0 Å². The number of ketones is 1. The Kier molecular flexibility index (Phi) is 4.61. The zero-order valence-electron chi connectivity index (χ0n) is 11.4. The van der Waals surface area contributed by atoms with E-state index in [1.165, 1.54) is 7.11 Å². The van der Waals surface area contributed by atoms with Gasteiger partial charge in [-0.15, -0.1) is 0 Å². The quantitative estimate of drug-likeness (QED) is 0.639. The second-order valence-corrected chi connectivity index (χ2v) is 4.88. The highest BCUT2D eigenvalue weighted by molar-refractivity contribution is 6.05. The molecule has 1 saturated carbocycles. The molecule has 0 amide bonds. The van der Waals surface area contributed by atoms with Crippen LogP contribution >= 0.6 is 0 Å². The number of ether oxygens (including phenoxy) is 2. The largest absolute Gasteiger partial charge is 0.493 e. The summed E-state index contributed by atoms with van der Waals surface area (Å²) in [4.78, 5) is 22.4. The second-order valence-electron chi connectivity index (χ2n) is 4.88. The van der Waals surface area contributed by atoms with E-state index in [2.05, 4.69) is 0 Å². The first-order valence-corrected chi connectivity index (χ1v) is 6.70. The van der Waals surface area contributed by atoms with Crippen LogP contribution < -0.4 is 9.47 Å². The highest BCUT2D eigenvalue weighted by Gasteiger charge is 2.20. The first-order chi connectivity index (χ1) is 9.60. The molecule has 5 heteroatoms. The van der Waals surface area contributed by atoms with E-state index < -0.39 is 18.2 Å². The molecule has 1 aromatic carbocycles. The van der Waals surface area contributed by atoms with E-state index in [1.54, 1.807) is 18.2 Å². The van der Waals surface area contributed by atoms with Crippen LogP contribution in [0.2, 0.25) is 0 Å². The van der Waals surface area contributed by atoms with Gasteiger partial charge in [0, 0.05) is 5.56 Å². The van der Waals surface area contributed by atoms with Gasteiger partial charge in [0.15, 0.2) is 17.3 Å². The van der Waals surface area contributed by atoms with Crippen molar-refractivity contribution in [1.29, 1.82) is 0 Å². The molecule has 0 bridgehead atoms. The summed E-state index contributed by atoms with van der Waals surface area (Å²) in [5, 5.41) is 8.67. The minimum Gasteiger partial charge on any atom is -0.493 e. The third-order valence-corrected chi connectivity index (χ3v) is 3.39. The molecule has 1 aliphatic carbocycles. The van der Waals surface area contributed by atoms with Gasteiger partial charge in [-0.25, -0.2) is 0 Å². The molecule has 20 heavy (non-hydrogen) atoms. The Morgan fingerprint density at radius 1 is 1.25 bits per heavy atom. The predicted molar refractivity (Wildman–Crippen MR) is 72.5 cm³/mol. The smallest absolute Gasteiger partial charge is 0.311 e. The fourth-order valence-electron chi connectivity index (χ4n) is 2.37. The fraction of sp³-hybridized carbons (Fsp3) is 0.467. The molecule has 2 rings (SSSR count). The number of carbonyl (C=O) groups is 2. The van der Waals surface area contributed by atoms with E-state index in [9.17, 15) is 9.59 Å². The fourth-order valence-corrected chi connectivity index (χ4v) is 2.37. The number of hydrogen-bond acceptors (Lipinski definition) is 4. The third kappa shape index (κ3) is 3.50. The Hall–Kier alpha value is -2.04. The first kappa shape index (κ1) is 14.4. The second kappa shape index (κ2) is 6.41. The average molecular weight is 278 g/mol. The normalized spacial score (nSPS) is 15.1.